The smallest absolute Gasteiger partial charge is 0.405 e. The Bertz CT molecular complexity index is 793. The van der Waals surface area contributed by atoms with Gasteiger partial charge in [0.15, 0.2) is 5.78 Å². The number of nitrogens with one attached hydrogen (secondary N) is 2. The highest BCUT2D eigenvalue weighted by Crippen LogP contribution is 2.22. The van der Waals surface area contributed by atoms with Gasteiger partial charge in [-0.1, -0.05) is 41.9 Å². The number of hydrogen-bond acceptors (Lipinski definition) is 3. The third-order valence-corrected chi connectivity index (χ3v) is 3.86. The van der Waals surface area contributed by atoms with Crippen molar-refractivity contribution in [2.45, 2.75) is 19.4 Å². The number of rotatable bonds is 6. The minimum absolute atomic E-state index is 0.112. The predicted octanol–water partition coefficient (Wildman–Crippen LogP) is 3.36. The highest BCUT2D eigenvalue weighted by molar-refractivity contribution is 6.34. The summed E-state index contributed by atoms with van der Waals surface area (Å²) in [4.78, 5) is 35.4. The van der Waals surface area contributed by atoms with E-state index in [1.807, 2.05) is 6.07 Å². The van der Waals surface area contributed by atoms with Gasteiger partial charge >= 0.3 is 6.09 Å². The van der Waals surface area contributed by atoms with Gasteiger partial charge in [-0.15, -0.1) is 0 Å². The van der Waals surface area contributed by atoms with E-state index < -0.39 is 18.0 Å². The van der Waals surface area contributed by atoms with Crippen molar-refractivity contribution in [3.8, 4) is 0 Å². The molecule has 0 aliphatic heterocycles. The van der Waals surface area contributed by atoms with Crippen molar-refractivity contribution in [2.24, 2.45) is 0 Å². The molecule has 0 radical (unpaired) electrons. The van der Waals surface area contributed by atoms with E-state index in [0.717, 1.165) is 0 Å². The minimum atomic E-state index is -1.28. The normalized spacial score (nSPS) is 11.4. The van der Waals surface area contributed by atoms with Gasteiger partial charge in [0.1, 0.15) is 0 Å². The van der Waals surface area contributed by atoms with Gasteiger partial charge in [0.25, 0.3) is 5.91 Å². The van der Waals surface area contributed by atoms with Crippen LogP contribution in [-0.2, 0) is 11.2 Å². The summed E-state index contributed by atoms with van der Waals surface area (Å²) in [5, 5.41) is 13.8. The van der Waals surface area contributed by atoms with Gasteiger partial charge < -0.3 is 15.7 Å². The number of hydrogen-bond donors (Lipinski definition) is 3. The first-order chi connectivity index (χ1) is 11.9. The van der Waals surface area contributed by atoms with Crippen LogP contribution in [0.25, 0.3) is 0 Å². The summed E-state index contributed by atoms with van der Waals surface area (Å²) in [5.41, 5.74) is 1.24. The number of anilines is 1. The van der Waals surface area contributed by atoms with Crippen molar-refractivity contribution in [3.05, 3.63) is 64.7 Å². The fraction of sp³-hybridized carbons (Fsp3) is 0.167. The maximum atomic E-state index is 12.6. The van der Waals surface area contributed by atoms with E-state index in [0.29, 0.717) is 11.3 Å². The summed E-state index contributed by atoms with van der Waals surface area (Å²) in [5.74, 6) is -0.795. The highest BCUT2D eigenvalue weighted by atomic mass is 35.5. The van der Waals surface area contributed by atoms with Crippen LogP contribution < -0.4 is 10.6 Å². The Morgan fingerprint density at radius 3 is 2.40 bits per heavy atom. The first-order valence-electron chi connectivity index (χ1n) is 7.54. The molecule has 130 valence electrons. The third-order valence-electron chi connectivity index (χ3n) is 3.55. The molecule has 0 aromatic heterocycles. The Balaban J connectivity index is 2.22. The Hall–Kier alpha value is -2.86. The molecule has 2 aromatic carbocycles. The predicted molar refractivity (Wildman–Crippen MR) is 95.2 cm³/mol. The number of carbonyl (C=O) groups excluding carboxylic acids is 2. The summed E-state index contributed by atoms with van der Waals surface area (Å²) in [6.07, 6.45) is -1.39. The lowest BCUT2D eigenvalue weighted by Gasteiger charge is -2.14. The van der Waals surface area contributed by atoms with Gasteiger partial charge in [-0.05, 0) is 30.7 Å². The molecule has 2 amide bonds. The minimum Gasteiger partial charge on any atom is -0.465 e. The van der Waals surface area contributed by atoms with E-state index in [1.165, 1.54) is 6.92 Å². The van der Waals surface area contributed by atoms with E-state index in [9.17, 15) is 14.4 Å². The molecule has 7 heteroatoms. The number of halogens is 1. The first kappa shape index (κ1) is 18.5. The Morgan fingerprint density at radius 1 is 1.08 bits per heavy atom. The van der Waals surface area contributed by atoms with Gasteiger partial charge in [-0.2, -0.15) is 0 Å². The number of carboxylic acid groups (broad SMARTS) is 1. The van der Waals surface area contributed by atoms with Gasteiger partial charge in [-0.25, -0.2) is 4.79 Å². The van der Waals surface area contributed by atoms with Gasteiger partial charge in [0.2, 0.25) is 0 Å². The fourth-order valence-electron chi connectivity index (χ4n) is 2.29. The van der Waals surface area contributed by atoms with E-state index in [4.69, 9.17) is 16.7 Å². The zero-order valence-corrected chi connectivity index (χ0v) is 14.2. The molecule has 0 bridgehead atoms. The molecule has 0 aliphatic carbocycles. The number of para-hydroxylation sites is 1. The van der Waals surface area contributed by atoms with E-state index in [1.54, 1.807) is 42.5 Å². The zero-order valence-electron chi connectivity index (χ0n) is 13.5. The molecule has 2 aromatic rings. The van der Waals surface area contributed by atoms with Gasteiger partial charge in [0.05, 0.1) is 16.6 Å². The van der Waals surface area contributed by atoms with Crippen molar-refractivity contribution in [2.75, 3.05) is 5.32 Å². The molecule has 3 N–H and O–H groups in total. The van der Waals surface area contributed by atoms with Crippen LogP contribution in [0.15, 0.2) is 48.5 Å². The van der Waals surface area contributed by atoms with E-state index in [2.05, 4.69) is 10.6 Å². The fourth-order valence-corrected chi connectivity index (χ4v) is 2.57. The first-order valence-corrected chi connectivity index (χ1v) is 7.92. The molecule has 0 saturated heterocycles. The van der Waals surface area contributed by atoms with Crippen LogP contribution in [0, 0.1) is 0 Å². The molecule has 25 heavy (non-hydrogen) atoms. The summed E-state index contributed by atoms with van der Waals surface area (Å²) in [6, 6.07) is 12.8. The van der Waals surface area contributed by atoms with Gasteiger partial charge in [0, 0.05) is 12.1 Å². The highest BCUT2D eigenvalue weighted by Gasteiger charge is 2.21. The lowest BCUT2D eigenvalue weighted by Crippen LogP contribution is -2.38. The van der Waals surface area contributed by atoms with Crippen molar-refractivity contribution in [1.82, 2.24) is 5.32 Å². The van der Waals surface area contributed by atoms with E-state index >= 15 is 0 Å². The number of Topliss-reactive ketones (excluding diaryl/α,β-unsaturated/α-hetero) is 1. The summed E-state index contributed by atoms with van der Waals surface area (Å²) in [7, 11) is 0. The van der Waals surface area contributed by atoms with Crippen molar-refractivity contribution in [3.63, 3.8) is 0 Å². The zero-order chi connectivity index (χ0) is 18.4. The van der Waals surface area contributed by atoms with E-state index in [-0.39, 0.29) is 22.8 Å². The molecule has 2 rings (SSSR count). The number of amides is 2. The standard InChI is InChI=1S/C18H17ClN2O4/c1-11(20-18(24)25)15(22)10-12-6-5-9-14(19)16(12)17(23)21-13-7-3-2-4-8-13/h2-9,11,20H,10H2,1H3,(H,21,23)(H,24,25)/t11-/m0/s1. The molecule has 6 nitrogen and oxygen atoms in total. The van der Waals surface area contributed by atoms with Crippen LogP contribution in [0.2, 0.25) is 5.02 Å². The molecule has 0 spiro atoms. The van der Waals surface area contributed by atoms with Crippen LogP contribution >= 0.6 is 11.6 Å². The summed E-state index contributed by atoms with van der Waals surface area (Å²) >= 11 is 6.16. The monoisotopic (exact) mass is 360 g/mol. The number of carbonyl (C=O) groups is 3. The third kappa shape index (κ3) is 5.06. The molecule has 0 aliphatic rings. The summed E-state index contributed by atoms with van der Waals surface area (Å²) in [6.45, 7) is 1.45. The second-order valence-corrected chi connectivity index (χ2v) is 5.82. The molecule has 0 fully saturated rings. The van der Waals surface area contributed by atoms with Crippen molar-refractivity contribution in [1.29, 1.82) is 0 Å². The second-order valence-electron chi connectivity index (χ2n) is 5.41. The van der Waals surface area contributed by atoms with Crippen molar-refractivity contribution >= 4 is 35.1 Å². The lowest BCUT2D eigenvalue weighted by molar-refractivity contribution is -0.119. The van der Waals surface area contributed by atoms with Crippen LogP contribution in [0.1, 0.15) is 22.8 Å². The van der Waals surface area contributed by atoms with Crippen LogP contribution in [-0.4, -0.2) is 28.9 Å². The maximum absolute atomic E-state index is 12.6. The molecular weight excluding hydrogens is 344 g/mol. The van der Waals surface area contributed by atoms with Crippen LogP contribution in [0.5, 0.6) is 0 Å². The maximum Gasteiger partial charge on any atom is 0.405 e. The molecule has 0 unspecified atom stereocenters. The largest absolute Gasteiger partial charge is 0.465 e. The van der Waals surface area contributed by atoms with Crippen LogP contribution in [0.4, 0.5) is 10.5 Å². The average Bonchev–Trinajstić information content (AvgIpc) is 2.55. The Kier molecular flexibility index (Phi) is 6.14. The molecule has 0 heterocycles. The Labute approximate surface area is 149 Å². The Morgan fingerprint density at radius 2 is 1.76 bits per heavy atom. The van der Waals surface area contributed by atoms with Crippen LogP contribution in [0.3, 0.4) is 0 Å². The quantitative estimate of drug-likeness (QED) is 0.736. The lowest BCUT2D eigenvalue weighted by atomic mass is 9.99. The number of benzene rings is 2. The summed E-state index contributed by atoms with van der Waals surface area (Å²) < 4.78 is 0. The molecule has 0 saturated carbocycles. The van der Waals surface area contributed by atoms with Crippen molar-refractivity contribution < 1.29 is 19.5 Å². The SMILES string of the molecule is C[C@H](NC(=O)O)C(=O)Cc1cccc(Cl)c1C(=O)Nc1ccccc1. The second kappa shape index (κ2) is 8.30. The molecular formula is C18H17ClN2O4. The molecule has 1 atom stereocenters. The van der Waals surface area contributed by atoms with Gasteiger partial charge in [-0.3, -0.25) is 9.59 Å². The number of ketones is 1. The topological polar surface area (TPSA) is 95.5 Å². The average molecular weight is 361 g/mol.